The van der Waals surface area contributed by atoms with Crippen LogP contribution in [0, 0.1) is 0 Å². The molecule has 0 saturated heterocycles. The monoisotopic (exact) mass is 625 g/mol. The van der Waals surface area contributed by atoms with E-state index in [1.165, 1.54) is 89.9 Å². The van der Waals surface area contributed by atoms with E-state index >= 15 is 0 Å². The fraction of sp³-hybridized carbons (Fsp3) is 0.944. The topological polar surface area (TPSA) is 145 Å². The quantitative estimate of drug-likeness (QED) is 0.0604. The second-order valence-electron chi connectivity index (χ2n) is 13.1. The normalized spacial score (nSPS) is 12.8. The van der Waals surface area contributed by atoms with Gasteiger partial charge in [-0.2, -0.15) is 0 Å². The van der Waals surface area contributed by atoms with Crippen molar-refractivity contribution < 1.29 is 9.59 Å². The van der Waals surface area contributed by atoms with Crippen molar-refractivity contribution in [2.75, 3.05) is 39.3 Å². The largest absolute Gasteiger partial charge is 0.341 e. The lowest BCUT2D eigenvalue weighted by Gasteiger charge is -2.26. The molecular formula is C36H76N6O2. The second-order valence-corrected chi connectivity index (χ2v) is 13.1. The Morgan fingerprint density at radius 2 is 0.705 bits per heavy atom. The van der Waals surface area contributed by atoms with E-state index in [9.17, 15) is 9.59 Å². The van der Waals surface area contributed by atoms with Crippen LogP contribution in [0.4, 0.5) is 0 Å². The van der Waals surface area contributed by atoms with Gasteiger partial charge in [-0.15, -0.1) is 0 Å². The van der Waals surface area contributed by atoms with Crippen molar-refractivity contribution in [1.82, 2.24) is 9.80 Å². The molecule has 0 fully saturated rings. The lowest BCUT2D eigenvalue weighted by atomic mass is 10.0. The van der Waals surface area contributed by atoms with E-state index < -0.39 is 0 Å². The molecule has 0 heterocycles. The van der Waals surface area contributed by atoms with E-state index in [0.29, 0.717) is 13.1 Å². The highest BCUT2D eigenvalue weighted by atomic mass is 16.2. The predicted octanol–water partition coefficient (Wildman–Crippen LogP) is 6.62. The number of hydrogen-bond donors (Lipinski definition) is 4. The van der Waals surface area contributed by atoms with E-state index in [-0.39, 0.29) is 23.9 Å². The first-order valence-electron chi connectivity index (χ1n) is 18.9. The van der Waals surface area contributed by atoms with Crippen LogP contribution in [0.5, 0.6) is 0 Å². The molecule has 44 heavy (non-hydrogen) atoms. The maximum Gasteiger partial charge on any atom is 0.239 e. The smallest absolute Gasteiger partial charge is 0.239 e. The molecule has 2 atom stereocenters. The van der Waals surface area contributed by atoms with Gasteiger partial charge in [-0.05, 0) is 64.5 Å². The summed E-state index contributed by atoms with van der Waals surface area (Å²) in [5.74, 6) is 0.265. The van der Waals surface area contributed by atoms with E-state index in [1.807, 2.05) is 9.80 Å². The van der Waals surface area contributed by atoms with Crippen LogP contribution in [0.1, 0.15) is 168 Å². The molecule has 8 nitrogen and oxygen atoms in total. The van der Waals surface area contributed by atoms with Crippen molar-refractivity contribution in [3.8, 4) is 0 Å². The summed E-state index contributed by atoms with van der Waals surface area (Å²) in [4.78, 5) is 30.0. The molecular weight excluding hydrogens is 548 g/mol. The highest BCUT2D eigenvalue weighted by Gasteiger charge is 2.21. The number of hydrogen-bond acceptors (Lipinski definition) is 6. The Morgan fingerprint density at radius 1 is 0.432 bits per heavy atom. The van der Waals surface area contributed by atoms with Crippen molar-refractivity contribution >= 4 is 11.8 Å². The molecule has 0 aromatic rings. The summed E-state index contributed by atoms with van der Waals surface area (Å²) in [5, 5.41) is 0. The number of amides is 2. The molecule has 0 aliphatic rings. The number of rotatable bonds is 33. The molecule has 262 valence electrons. The summed E-state index contributed by atoms with van der Waals surface area (Å²) in [5.41, 5.74) is 23.7. The van der Waals surface area contributed by atoms with Crippen LogP contribution < -0.4 is 22.9 Å². The molecule has 0 aromatic heterocycles. The molecule has 0 unspecified atom stereocenters. The Hall–Kier alpha value is -1.22. The van der Waals surface area contributed by atoms with Crippen molar-refractivity contribution in [3.05, 3.63) is 0 Å². The van der Waals surface area contributed by atoms with Crippen LogP contribution in [0.3, 0.4) is 0 Å². The summed E-state index contributed by atoms with van der Waals surface area (Å²) < 4.78 is 0. The Balaban J connectivity index is 4.19. The first-order valence-corrected chi connectivity index (χ1v) is 18.9. The van der Waals surface area contributed by atoms with Crippen molar-refractivity contribution in [1.29, 1.82) is 0 Å². The molecule has 0 spiro atoms. The molecule has 8 N–H and O–H groups in total. The van der Waals surface area contributed by atoms with Crippen molar-refractivity contribution in [3.63, 3.8) is 0 Å². The molecule has 0 radical (unpaired) electrons. The van der Waals surface area contributed by atoms with Gasteiger partial charge in [-0.3, -0.25) is 9.59 Å². The maximum atomic E-state index is 13.0. The molecule has 2 amide bonds. The zero-order chi connectivity index (χ0) is 32.7. The SMILES string of the molecule is CCCCCCN(CCCCCCCCCCCCN(CCCCCC)C(=O)[C@@H](N)CCCCN)C(=O)[C@@H](N)CCCCN. The Labute approximate surface area is 273 Å². The van der Waals surface area contributed by atoms with Gasteiger partial charge in [0.2, 0.25) is 11.8 Å². The third-order valence-electron chi connectivity index (χ3n) is 8.87. The van der Waals surface area contributed by atoms with Gasteiger partial charge in [0.15, 0.2) is 0 Å². The average molecular weight is 625 g/mol. The standard InChI is InChI=1S/C36H76N6O2/c1-3-5-7-21-29-41(35(43)33(39)25-17-19-27-37)31-23-15-13-11-9-10-12-14-16-24-32-42(30-22-8-6-4-2)36(44)34(40)26-18-20-28-38/h33-34H,3-32,37-40H2,1-2H3/t33-,34-/m0/s1. The molecule has 0 aliphatic heterocycles. The van der Waals surface area contributed by atoms with Crippen LogP contribution in [0.2, 0.25) is 0 Å². The van der Waals surface area contributed by atoms with Crippen LogP contribution in [-0.2, 0) is 9.59 Å². The first kappa shape index (κ1) is 42.8. The Morgan fingerprint density at radius 3 is 0.977 bits per heavy atom. The van der Waals surface area contributed by atoms with Gasteiger partial charge in [-0.25, -0.2) is 0 Å². The van der Waals surface area contributed by atoms with E-state index in [0.717, 1.165) is 90.4 Å². The minimum absolute atomic E-state index is 0.132. The number of nitrogens with two attached hydrogens (primary N) is 4. The van der Waals surface area contributed by atoms with Crippen LogP contribution in [0.25, 0.3) is 0 Å². The van der Waals surface area contributed by atoms with Gasteiger partial charge >= 0.3 is 0 Å². The highest BCUT2D eigenvalue weighted by molar-refractivity contribution is 5.82. The minimum Gasteiger partial charge on any atom is -0.341 e. The van der Waals surface area contributed by atoms with E-state index in [2.05, 4.69) is 13.8 Å². The number of nitrogens with zero attached hydrogens (tertiary/aromatic N) is 2. The number of unbranched alkanes of at least 4 members (excludes halogenated alkanes) is 17. The summed E-state index contributed by atoms with van der Waals surface area (Å²) in [6.45, 7) is 9.12. The Bertz CT molecular complexity index is 596. The summed E-state index contributed by atoms with van der Waals surface area (Å²) in [7, 11) is 0. The average Bonchev–Trinajstić information content (AvgIpc) is 3.02. The number of carbonyl (C=O) groups is 2. The molecule has 0 rings (SSSR count). The lowest BCUT2D eigenvalue weighted by molar-refractivity contribution is -0.133. The van der Waals surface area contributed by atoms with Crippen LogP contribution in [-0.4, -0.2) is 73.0 Å². The maximum absolute atomic E-state index is 13.0. The lowest BCUT2D eigenvalue weighted by Crippen LogP contribution is -2.44. The van der Waals surface area contributed by atoms with Crippen LogP contribution in [0.15, 0.2) is 0 Å². The predicted molar refractivity (Wildman–Crippen MR) is 189 cm³/mol. The second kappa shape index (κ2) is 31.7. The van der Waals surface area contributed by atoms with Crippen molar-refractivity contribution in [2.24, 2.45) is 22.9 Å². The van der Waals surface area contributed by atoms with Gasteiger partial charge < -0.3 is 32.7 Å². The summed E-state index contributed by atoms with van der Waals surface area (Å²) >= 11 is 0. The van der Waals surface area contributed by atoms with Gasteiger partial charge in [-0.1, -0.05) is 117 Å². The zero-order valence-electron chi connectivity index (χ0n) is 29.4. The van der Waals surface area contributed by atoms with Gasteiger partial charge in [0.05, 0.1) is 12.1 Å². The van der Waals surface area contributed by atoms with Gasteiger partial charge in [0, 0.05) is 26.2 Å². The fourth-order valence-electron chi connectivity index (χ4n) is 5.88. The fourth-order valence-corrected chi connectivity index (χ4v) is 5.88. The Kier molecular flexibility index (Phi) is 30.9. The van der Waals surface area contributed by atoms with Crippen molar-refractivity contribution in [2.45, 2.75) is 180 Å². The molecule has 0 aliphatic carbocycles. The number of carbonyl (C=O) groups excluding carboxylic acids is 2. The third-order valence-corrected chi connectivity index (χ3v) is 8.87. The minimum atomic E-state index is -0.383. The van der Waals surface area contributed by atoms with Gasteiger partial charge in [0.25, 0.3) is 0 Å². The molecule has 0 aromatic carbocycles. The zero-order valence-corrected chi connectivity index (χ0v) is 29.4. The third kappa shape index (κ3) is 24.1. The van der Waals surface area contributed by atoms with Gasteiger partial charge in [0.1, 0.15) is 0 Å². The molecule has 8 heteroatoms. The molecule has 0 bridgehead atoms. The van der Waals surface area contributed by atoms with E-state index in [4.69, 9.17) is 22.9 Å². The van der Waals surface area contributed by atoms with Crippen LogP contribution >= 0.6 is 0 Å². The molecule has 0 saturated carbocycles. The summed E-state index contributed by atoms with van der Waals surface area (Å²) in [6.07, 6.45) is 26.6. The van der Waals surface area contributed by atoms with E-state index in [1.54, 1.807) is 0 Å². The highest BCUT2D eigenvalue weighted by Crippen LogP contribution is 2.14. The summed E-state index contributed by atoms with van der Waals surface area (Å²) in [6, 6.07) is -0.766. The first-order chi connectivity index (χ1) is 21.4.